The smallest absolute Gasteiger partial charge is 0.240 e. The maximum Gasteiger partial charge on any atom is 0.240 e. The fourth-order valence-corrected chi connectivity index (χ4v) is 5.77. The van der Waals surface area contributed by atoms with E-state index < -0.39 is 0 Å². The summed E-state index contributed by atoms with van der Waals surface area (Å²) in [6, 6.07) is 8.75. The molecule has 0 bridgehead atoms. The summed E-state index contributed by atoms with van der Waals surface area (Å²) in [4.78, 5) is 24.3. The van der Waals surface area contributed by atoms with Crippen molar-refractivity contribution in [2.75, 3.05) is 55.8 Å². The SMILES string of the molecule is Cc1cc(N2CCN([C@@H]3CN[C@H](C(=O)N4CCSC4)C3)CC2)n(-c2ccccn2)c1. The van der Waals surface area contributed by atoms with Gasteiger partial charge in [-0.3, -0.25) is 14.3 Å². The molecule has 160 valence electrons. The number of anilines is 1. The van der Waals surface area contributed by atoms with Gasteiger partial charge < -0.3 is 15.1 Å². The Labute approximate surface area is 182 Å². The topological polar surface area (TPSA) is 56.6 Å². The summed E-state index contributed by atoms with van der Waals surface area (Å²) in [5.41, 5.74) is 1.25. The predicted molar refractivity (Wildman–Crippen MR) is 121 cm³/mol. The van der Waals surface area contributed by atoms with Gasteiger partial charge in [-0.1, -0.05) is 6.07 Å². The number of nitrogens with zero attached hydrogens (tertiary/aromatic N) is 5. The Bertz CT molecular complexity index is 873. The molecular weight excluding hydrogens is 396 g/mol. The Kier molecular flexibility index (Phi) is 5.71. The summed E-state index contributed by atoms with van der Waals surface area (Å²) in [5, 5.41) is 3.49. The lowest BCUT2D eigenvalue weighted by molar-refractivity contribution is -0.131. The summed E-state index contributed by atoms with van der Waals surface area (Å²) >= 11 is 1.85. The average Bonchev–Trinajstić information content (AvgIpc) is 3.55. The lowest BCUT2D eigenvalue weighted by atomic mass is 10.1. The zero-order valence-corrected chi connectivity index (χ0v) is 18.4. The summed E-state index contributed by atoms with van der Waals surface area (Å²) < 4.78 is 2.20. The minimum Gasteiger partial charge on any atom is -0.355 e. The zero-order chi connectivity index (χ0) is 20.5. The predicted octanol–water partition coefficient (Wildman–Crippen LogP) is 1.57. The van der Waals surface area contributed by atoms with E-state index in [0.717, 1.165) is 63.1 Å². The first-order chi connectivity index (χ1) is 14.7. The van der Waals surface area contributed by atoms with Crippen molar-refractivity contribution in [3.05, 3.63) is 42.2 Å². The maximum atomic E-state index is 12.7. The third-order valence-electron chi connectivity index (χ3n) is 6.46. The van der Waals surface area contributed by atoms with Crippen molar-refractivity contribution in [3.63, 3.8) is 0 Å². The van der Waals surface area contributed by atoms with Gasteiger partial charge in [-0.25, -0.2) is 4.98 Å². The van der Waals surface area contributed by atoms with Crippen molar-refractivity contribution in [1.29, 1.82) is 0 Å². The molecule has 3 aliphatic rings. The van der Waals surface area contributed by atoms with Crippen LogP contribution in [0.3, 0.4) is 0 Å². The molecular formula is C22H30N6OS. The van der Waals surface area contributed by atoms with Gasteiger partial charge in [0.2, 0.25) is 5.91 Å². The molecule has 3 saturated heterocycles. The molecule has 0 spiro atoms. The molecule has 0 aromatic carbocycles. The Hall–Kier alpha value is -2.03. The van der Waals surface area contributed by atoms with Gasteiger partial charge in [0.05, 0.1) is 11.9 Å². The molecule has 2 aromatic rings. The monoisotopic (exact) mass is 426 g/mol. The molecule has 5 rings (SSSR count). The second-order valence-electron chi connectivity index (χ2n) is 8.45. The summed E-state index contributed by atoms with van der Waals surface area (Å²) in [7, 11) is 0. The van der Waals surface area contributed by atoms with Gasteiger partial charge >= 0.3 is 0 Å². The standard InChI is InChI=1S/C22H30N6OS/c1-17-12-21(28(15-17)20-4-2-3-5-23-20)26-8-6-25(7-9-26)18-13-19(24-14-18)22(29)27-10-11-30-16-27/h2-5,12,15,18-19,24H,6-11,13-14,16H2,1H3/t18-,19-/m0/s1. The molecule has 2 aromatic heterocycles. The number of rotatable bonds is 4. The van der Waals surface area contributed by atoms with Crippen LogP contribution in [0.1, 0.15) is 12.0 Å². The lowest BCUT2D eigenvalue weighted by Gasteiger charge is -2.39. The summed E-state index contributed by atoms with van der Waals surface area (Å²) in [6.45, 7) is 8.00. The average molecular weight is 427 g/mol. The first-order valence-electron chi connectivity index (χ1n) is 10.9. The number of hydrogen-bond donors (Lipinski definition) is 1. The maximum absolute atomic E-state index is 12.7. The third kappa shape index (κ3) is 3.96. The fraction of sp³-hybridized carbons (Fsp3) is 0.545. The number of hydrogen-bond acceptors (Lipinski definition) is 6. The highest BCUT2D eigenvalue weighted by Crippen LogP contribution is 2.26. The number of aryl methyl sites for hydroxylation is 1. The fourth-order valence-electron chi connectivity index (χ4n) is 4.81. The van der Waals surface area contributed by atoms with Gasteiger partial charge in [0.25, 0.3) is 0 Å². The van der Waals surface area contributed by atoms with Crippen LogP contribution >= 0.6 is 11.8 Å². The molecule has 0 unspecified atom stereocenters. The van der Waals surface area contributed by atoms with Crippen LogP contribution in [-0.4, -0.2) is 88.2 Å². The molecule has 0 radical (unpaired) electrons. The summed E-state index contributed by atoms with van der Waals surface area (Å²) in [5.74, 6) is 4.41. The van der Waals surface area contributed by atoms with Crippen molar-refractivity contribution in [2.45, 2.75) is 25.4 Å². The van der Waals surface area contributed by atoms with E-state index in [9.17, 15) is 4.79 Å². The van der Waals surface area contributed by atoms with Crippen LogP contribution in [0.4, 0.5) is 5.82 Å². The van der Waals surface area contributed by atoms with Gasteiger partial charge in [0.1, 0.15) is 11.6 Å². The van der Waals surface area contributed by atoms with E-state index in [2.05, 4.69) is 49.9 Å². The van der Waals surface area contributed by atoms with Crippen molar-refractivity contribution in [1.82, 2.24) is 24.7 Å². The molecule has 30 heavy (non-hydrogen) atoms. The minimum atomic E-state index is -0.00392. The molecule has 0 saturated carbocycles. The van der Waals surface area contributed by atoms with E-state index in [-0.39, 0.29) is 6.04 Å². The number of thioether (sulfide) groups is 1. The molecule has 3 aliphatic heterocycles. The van der Waals surface area contributed by atoms with Gasteiger partial charge in [0.15, 0.2) is 0 Å². The highest BCUT2D eigenvalue weighted by molar-refractivity contribution is 7.99. The van der Waals surface area contributed by atoms with Crippen molar-refractivity contribution in [2.24, 2.45) is 0 Å². The van der Waals surface area contributed by atoms with Crippen LogP contribution in [0.5, 0.6) is 0 Å². The third-order valence-corrected chi connectivity index (χ3v) is 7.42. The number of nitrogens with one attached hydrogen (secondary N) is 1. The Morgan fingerprint density at radius 1 is 1.20 bits per heavy atom. The first kappa shape index (κ1) is 19.9. The molecule has 0 aliphatic carbocycles. The van der Waals surface area contributed by atoms with E-state index in [1.165, 1.54) is 11.4 Å². The van der Waals surface area contributed by atoms with Gasteiger partial charge in [-0.05, 0) is 37.1 Å². The first-order valence-corrected chi connectivity index (χ1v) is 12.0. The largest absolute Gasteiger partial charge is 0.355 e. The quantitative estimate of drug-likeness (QED) is 0.801. The minimum absolute atomic E-state index is 0.00392. The van der Waals surface area contributed by atoms with Crippen molar-refractivity contribution < 1.29 is 4.79 Å². The van der Waals surface area contributed by atoms with E-state index in [0.29, 0.717) is 11.9 Å². The number of pyridine rings is 1. The lowest BCUT2D eigenvalue weighted by Crippen LogP contribution is -2.51. The van der Waals surface area contributed by atoms with Gasteiger partial charge in [-0.15, -0.1) is 11.8 Å². The number of amides is 1. The van der Waals surface area contributed by atoms with Crippen molar-refractivity contribution in [3.8, 4) is 5.82 Å². The van der Waals surface area contributed by atoms with Crippen LogP contribution in [0.2, 0.25) is 0 Å². The molecule has 1 N–H and O–H groups in total. The second-order valence-corrected chi connectivity index (χ2v) is 9.52. The Morgan fingerprint density at radius 3 is 2.80 bits per heavy atom. The van der Waals surface area contributed by atoms with E-state index in [4.69, 9.17) is 0 Å². The van der Waals surface area contributed by atoms with E-state index in [1.807, 2.05) is 35.0 Å². The normalized spacial score (nSPS) is 25.2. The van der Waals surface area contributed by atoms with E-state index in [1.54, 1.807) is 0 Å². The highest BCUT2D eigenvalue weighted by atomic mass is 32.2. The van der Waals surface area contributed by atoms with Crippen LogP contribution in [-0.2, 0) is 4.79 Å². The number of carbonyl (C=O) groups excluding carboxylic acids is 1. The second kappa shape index (κ2) is 8.61. The van der Waals surface area contributed by atoms with Crippen LogP contribution in [0.15, 0.2) is 36.7 Å². The molecule has 1 amide bonds. The molecule has 7 nitrogen and oxygen atoms in total. The number of aromatic nitrogens is 2. The molecule has 5 heterocycles. The zero-order valence-electron chi connectivity index (χ0n) is 17.5. The van der Waals surface area contributed by atoms with Crippen molar-refractivity contribution >= 4 is 23.5 Å². The Balaban J connectivity index is 1.20. The highest BCUT2D eigenvalue weighted by Gasteiger charge is 2.36. The van der Waals surface area contributed by atoms with Gasteiger partial charge in [0, 0.05) is 63.5 Å². The van der Waals surface area contributed by atoms with Crippen LogP contribution < -0.4 is 10.2 Å². The van der Waals surface area contributed by atoms with Crippen LogP contribution in [0.25, 0.3) is 5.82 Å². The molecule has 2 atom stereocenters. The Morgan fingerprint density at radius 2 is 2.07 bits per heavy atom. The molecule has 3 fully saturated rings. The number of piperazine rings is 1. The molecule has 8 heteroatoms. The van der Waals surface area contributed by atoms with E-state index >= 15 is 0 Å². The number of carbonyl (C=O) groups is 1. The van der Waals surface area contributed by atoms with Crippen LogP contribution in [0, 0.1) is 6.92 Å². The summed E-state index contributed by atoms with van der Waals surface area (Å²) in [6.07, 6.45) is 4.94. The van der Waals surface area contributed by atoms with Gasteiger partial charge in [-0.2, -0.15) is 0 Å².